The van der Waals surface area contributed by atoms with Crippen molar-refractivity contribution in [1.29, 1.82) is 0 Å². The Hall–Kier alpha value is -1.30. The predicted octanol–water partition coefficient (Wildman–Crippen LogP) is 1.86. The Balaban J connectivity index is 2.51. The quantitative estimate of drug-likeness (QED) is 0.621. The van der Waals surface area contributed by atoms with Crippen molar-refractivity contribution in [2.45, 2.75) is 6.42 Å². The van der Waals surface area contributed by atoms with Crippen molar-refractivity contribution in [3.8, 4) is 0 Å². The summed E-state index contributed by atoms with van der Waals surface area (Å²) in [5.41, 5.74) is 0. The molecule has 16 heavy (non-hydrogen) atoms. The van der Waals surface area contributed by atoms with Gasteiger partial charge in [-0.25, -0.2) is 8.78 Å². The Morgan fingerprint density at radius 3 is 2.56 bits per heavy atom. The molecule has 0 aromatic carbocycles. The summed E-state index contributed by atoms with van der Waals surface area (Å²) in [6.07, 6.45) is 0.757. The molecule has 0 fully saturated rings. The average Bonchev–Trinajstić information content (AvgIpc) is 2.19. The molecular weight excluding hydrogens is 219 g/mol. The van der Waals surface area contributed by atoms with E-state index >= 15 is 0 Å². The van der Waals surface area contributed by atoms with Crippen molar-refractivity contribution in [2.75, 3.05) is 32.5 Å². The molecule has 0 spiro atoms. The molecule has 1 N–H and O–H groups in total. The highest BCUT2D eigenvalue weighted by molar-refractivity contribution is 5.35. The van der Waals surface area contributed by atoms with Crippen LogP contribution in [0.2, 0.25) is 0 Å². The standard InChI is InChI=1S/C10H14F3N3/c1-16(2)5-3-4-14-10-8(12)6-7(11)9(13)15-10/h6H,3-5H2,1-2H3,(H,14,15). The van der Waals surface area contributed by atoms with E-state index in [9.17, 15) is 13.2 Å². The Morgan fingerprint density at radius 2 is 1.94 bits per heavy atom. The van der Waals surface area contributed by atoms with E-state index in [2.05, 4.69) is 10.3 Å². The van der Waals surface area contributed by atoms with Crippen molar-refractivity contribution in [3.63, 3.8) is 0 Å². The molecule has 0 aliphatic rings. The molecule has 3 nitrogen and oxygen atoms in total. The van der Waals surface area contributed by atoms with E-state index < -0.39 is 17.6 Å². The van der Waals surface area contributed by atoms with E-state index in [1.807, 2.05) is 19.0 Å². The normalized spacial score (nSPS) is 10.9. The molecule has 0 aliphatic heterocycles. The molecule has 90 valence electrons. The molecule has 0 atom stereocenters. The van der Waals surface area contributed by atoms with E-state index in [-0.39, 0.29) is 5.82 Å². The van der Waals surface area contributed by atoms with Gasteiger partial charge in [0.1, 0.15) is 0 Å². The van der Waals surface area contributed by atoms with Crippen LogP contribution in [-0.2, 0) is 0 Å². The van der Waals surface area contributed by atoms with Crippen molar-refractivity contribution in [3.05, 3.63) is 23.6 Å². The van der Waals surface area contributed by atoms with E-state index in [1.165, 1.54) is 0 Å². The van der Waals surface area contributed by atoms with Crippen molar-refractivity contribution < 1.29 is 13.2 Å². The average molecular weight is 233 g/mol. The Labute approximate surface area is 92.3 Å². The largest absolute Gasteiger partial charge is 0.367 e. The molecule has 1 rings (SSSR count). The first-order valence-electron chi connectivity index (χ1n) is 4.91. The number of pyridine rings is 1. The second kappa shape index (κ2) is 5.69. The topological polar surface area (TPSA) is 28.2 Å². The van der Waals surface area contributed by atoms with Gasteiger partial charge in [-0.1, -0.05) is 0 Å². The maximum Gasteiger partial charge on any atom is 0.251 e. The highest BCUT2D eigenvalue weighted by Gasteiger charge is 2.10. The van der Waals surface area contributed by atoms with E-state index in [1.54, 1.807) is 0 Å². The van der Waals surface area contributed by atoms with Crippen LogP contribution in [0.1, 0.15) is 6.42 Å². The van der Waals surface area contributed by atoms with Gasteiger partial charge in [0.05, 0.1) is 0 Å². The summed E-state index contributed by atoms with van der Waals surface area (Å²) in [4.78, 5) is 5.12. The maximum atomic E-state index is 13.1. The lowest BCUT2D eigenvalue weighted by atomic mass is 10.3. The van der Waals surface area contributed by atoms with Crippen LogP contribution in [0.15, 0.2) is 6.07 Å². The third-order valence-electron chi connectivity index (χ3n) is 1.96. The Bertz CT molecular complexity index is 355. The molecule has 6 heteroatoms. The van der Waals surface area contributed by atoms with Crippen LogP contribution >= 0.6 is 0 Å². The first kappa shape index (κ1) is 12.8. The molecule has 0 saturated heterocycles. The van der Waals surface area contributed by atoms with Crippen molar-refractivity contribution >= 4 is 5.82 Å². The highest BCUT2D eigenvalue weighted by atomic mass is 19.2. The Kier molecular flexibility index (Phi) is 4.54. The SMILES string of the molecule is CN(C)CCCNc1nc(F)c(F)cc1F. The maximum absolute atomic E-state index is 13.1. The zero-order chi connectivity index (χ0) is 12.1. The number of nitrogens with zero attached hydrogens (tertiary/aromatic N) is 2. The molecule has 0 aliphatic carbocycles. The lowest BCUT2D eigenvalue weighted by Gasteiger charge is -2.10. The number of aromatic nitrogens is 1. The lowest BCUT2D eigenvalue weighted by molar-refractivity contribution is 0.404. The fourth-order valence-electron chi connectivity index (χ4n) is 1.17. The summed E-state index contributed by atoms with van der Waals surface area (Å²) >= 11 is 0. The van der Waals surface area contributed by atoms with Crippen LogP contribution < -0.4 is 5.32 Å². The van der Waals surface area contributed by atoms with Crippen LogP contribution in [0.3, 0.4) is 0 Å². The molecule has 0 radical (unpaired) electrons. The number of halogens is 3. The zero-order valence-electron chi connectivity index (χ0n) is 9.23. The summed E-state index contributed by atoms with van der Waals surface area (Å²) in [5.74, 6) is -3.71. The molecule has 0 amide bonds. The third kappa shape index (κ3) is 3.69. The number of anilines is 1. The first-order chi connectivity index (χ1) is 7.50. The molecule has 0 unspecified atom stereocenters. The second-order valence-electron chi connectivity index (χ2n) is 3.68. The lowest BCUT2D eigenvalue weighted by Crippen LogP contribution is -2.17. The van der Waals surface area contributed by atoms with Gasteiger partial charge in [-0.15, -0.1) is 0 Å². The molecule has 0 bridgehead atoms. The number of hydrogen-bond donors (Lipinski definition) is 1. The first-order valence-corrected chi connectivity index (χ1v) is 4.91. The van der Waals surface area contributed by atoms with Gasteiger partial charge in [0.25, 0.3) is 5.95 Å². The van der Waals surface area contributed by atoms with Crippen LogP contribution in [0.25, 0.3) is 0 Å². The fourth-order valence-corrected chi connectivity index (χ4v) is 1.17. The minimum atomic E-state index is -1.29. The third-order valence-corrected chi connectivity index (χ3v) is 1.96. The van der Waals surface area contributed by atoms with Gasteiger partial charge in [0.15, 0.2) is 17.5 Å². The minimum Gasteiger partial charge on any atom is -0.367 e. The molecule has 1 aromatic heterocycles. The summed E-state index contributed by atoms with van der Waals surface area (Å²) in [6.45, 7) is 1.27. The number of rotatable bonds is 5. The summed E-state index contributed by atoms with van der Waals surface area (Å²) in [7, 11) is 3.83. The zero-order valence-corrected chi connectivity index (χ0v) is 9.23. The molecule has 1 heterocycles. The smallest absolute Gasteiger partial charge is 0.251 e. The van der Waals surface area contributed by atoms with Gasteiger partial charge in [0.2, 0.25) is 0 Å². The van der Waals surface area contributed by atoms with Gasteiger partial charge in [-0.05, 0) is 27.1 Å². The van der Waals surface area contributed by atoms with Crippen molar-refractivity contribution in [1.82, 2.24) is 9.88 Å². The van der Waals surface area contributed by atoms with Crippen molar-refractivity contribution in [2.24, 2.45) is 0 Å². The van der Waals surface area contributed by atoms with Crippen LogP contribution in [0, 0.1) is 17.6 Å². The van der Waals surface area contributed by atoms with Gasteiger partial charge >= 0.3 is 0 Å². The number of hydrogen-bond acceptors (Lipinski definition) is 3. The van der Waals surface area contributed by atoms with Gasteiger partial charge < -0.3 is 10.2 Å². The molecule has 1 aromatic rings. The highest BCUT2D eigenvalue weighted by Crippen LogP contribution is 2.13. The second-order valence-corrected chi connectivity index (χ2v) is 3.68. The summed E-state index contributed by atoms with van der Waals surface area (Å²) < 4.78 is 38.3. The van der Waals surface area contributed by atoms with E-state index in [0.29, 0.717) is 12.6 Å². The summed E-state index contributed by atoms with van der Waals surface area (Å²) in [5, 5.41) is 2.62. The molecular formula is C10H14F3N3. The Morgan fingerprint density at radius 1 is 1.25 bits per heavy atom. The monoisotopic (exact) mass is 233 g/mol. The van der Waals surface area contributed by atoms with Gasteiger partial charge in [0, 0.05) is 12.6 Å². The number of nitrogens with one attached hydrogen (secondary N) is 1. The van der Waals surface area contributed by atoms with Gasteiger partial charge in [-0.3, -0.25) is 0 Å². The van der Waals surface area contributed by atoms with E-state index in [4.69, 9.17) is 0 Å². The van der Waals surface area contributed by atoms with Crippen LogP contribution in [0.4, 0.5) is 19.0 Å². The van der Waals surface area contributed by atoms with E-state index in [0.717, 1.165) is 13.0 Å². The molecule has 0 saturated carbocycles. The predicted molar refractivity (Wildman–Crippen MR) is 55.8 cm³/mol. The minimum absolute atomic E-state index is 0.252. The van der Waals surface area contributed by atoms with Crippen LogP contribution in [-0.4, -0.2) is 37.1 Å². The van der Waals surface area contributed by atoms with Crippen LogP contribution in [0.5, 0.6) is 0 Å². The fraction of sp³-hybridized carbons (Fsp3) is 0.500. The summed E-state index contributed by atoms with van der Waals surface area (Å²) in [6, 6.07) is 0.483. The van der Waals surface area contributed by atoms with Gasteiger partial charge in [-0.2, -0.15) is 9.37 Å².